The summed E-state index contributed by atoms with van der Waals surface area (Å²) < 4.78 is 1.18. The van der Waals surface area contributed by atoms with Gasteiger partial charge >= 0.3 is 0 Å². The fourth-order valence-electron chi connectivity index (χ4n) is 1.81. The lowest BCUT2D eigenvalue weighted by Crippen LogP contribution is -2.32. The van der Waals surface area contributed by atoms with Gasteiger partial charge in [0.15, 0.2) is 11.5 Å². The Kier molecular flexibility index (Phi) is 4.74. The number of nitrogens with zero attached hydrogens (tertiary/aromatic N) is 4. The SMILES string of the molecule is CSc1nnc(C(C)(C)C)c(=O)n1N=Cc1ccc(O)c(O)c1. The second-order valence-corrected chi connectivity index (χ2v) is 6.67. The van der Waals surface area contributed by atoms with Gasteiger partial charge < -0.3 is 10.2 Å². The van der Waals surface area contributed by atoms with E-state index in [1.807, 2.05) is 20.8 Å². The Morgan fingerprint density at radius 3 is 2.48 bits per heavy atom. The quantitative estimate of drug-likeness (QED) is 0.505. The summed E-state index contributed by atoms with van der Waals surface area (Å²) in [5.41, 5.74) is 0.0697. The van der Waals surface area contributed by atoms with Crippen LogP contribution in [0.5, 0.6) is 11.5 Å². The average Bonchev–Trinajstić information content (AvgIpc) is 2.47. The van der Waals surface area contributed by atoms with Gasteiger partial charge in [0.1, 0.15) is 5.69 Å². The van der Waals surface area contributed by atoms with Crippen molar-refractivity contribution in [2.75, 3.05) is 6.26 Å². The Labute approximate surface area is 137 Å². The smallest absolute Gasteiger partial charge is 0.297 e. The van der Waals surface area contributed by atoms with Crippen LogP contribution in [0.4, 0.5) is 0 Å². The lowest BCUT2D eigenvalue weighted by Gasteiger charge is -2.16. The Bertz CT molecular complexity index is 809. The van der Waals surface area contributed by atoms with Gasteiger partial charge in [-0.2, -0.15) is 9.78 Å². The molecule has 0 radical (unpaired) electrons. The van der Waals surface area contributed by atoms with Crippen LogP contribution in [0.3, 0.4) is 0 Å². The first kappa shape index (κ1) is 17.0. The van der Waals surface area contributed by atoms with Crippen molar-refractivity contribution in [3.8, 4) is 11.5 Å². The van der Waals surface area contributed by atoms with Crippen molar-refractivity contribution >= 4 is 18.0 Å². The number of hydrogen-bond donors (Lipinski definition) is 2. The maximum Gasteiger partial charge on any atom is 0.297 e. The number of hydrogen-bond acceptors (Lipinski definition) is 7. The van der Waals surface area contributed by atoms with E-state index < -0.39 is 5.41 Å². The van der Waals surface area contributed by atoms with Crippen LogP contribution in [-0.2, 0) is 5.41 Å². The fraction of sp³-hybridized carbons (Fsp3) is 0.333. The van der Waals surface area contributed by atoms with Gasteiger partial charge in [0.05, 0.1) is 6.21 Å². The molecular weight excluding hydrogens is 316 g/mol. The molecule has 0 unspecified atom stereocenters. The predicted octanol–water partition coefficient (Wildman–Crippen LogP) is 1.95. The predicted molar refractivity (Wildman–Crippen MR) is 89.5 cm³/mol. The first-order valence-corrected chi connectivity index (χ1v) is 8.07. The number of phenols is 2. The zero-order valence-corrected chi connectivity index (χ0v) is 14.1. The second-order valence-electron chi connectivity index (χ2n) is 5.89. The summed E-state index contributed by atoms with van der Waals surface area (Å²) in [5, 5.41) is 31.4. The highest BCUT2D eigenvalue weighted by Crippen LogP contribution is 2.24. The molecule has 7 nitrogen and oxygen atoms in total. The van der Waals surface area contributed by atoms with Gasteiger partial charge in [0.25, 0.3) is 5.56 Å². The number of phenolic OH excluding ortho intramolecular Hbond substituents is 2. The lowest BCUT2D eigenvalue weighted by atomic mass is 9.93. The van der Waals surface area contributed by atoms with Crippen LogP contribution >= 0.6 is 11.8 Å². The summed E-state index contributed by atoms with van der Waals surface area (Å²) in [7, 11) is 0. The van der Waals surface area contributed by atoms with Gasteiger partial charge in [0, 0.05) is 5.41 Å². The summed E-state index contributed by atoms with van der Waals surface area (Å²) >= 11 is 1.26. The largest absolute Gasteiger partial charge is 0.504 e. The summed E-state index contributed by atoms with van der Waals surface area (Å²) in [5.74, 6) is -0.473. The third-order valence-electron chi connectivity index (χ3n) is 3.03. The van der Waals surface area contributed by atoms with E-state index in [0.717, 1.165) is 0 Å². The summed E-state index contributed by atoms with van der Waals surface area (Å²) in [6.07, 6.45) is 3.19. The number of aromatic nitrogens is 3. The molecule has 0 aliphatic heterocycles. The van der Waals surface area contributed by atoms with Crippen LogP contribution in [0.15, 0.2) is 33.3 Å². The zero-order chi connectivity index (χ0) is 17.2. The van der Waals surface area contributed by atoms with Crippen molar-refractivity contribution in [1.29, 1.82) is 0 Å². The molecule has 1 aromatic heterocycles. The zero-order valence-electron chi connectivity index (χ0n) is 13.3. The molecule has 2 rings (SSSR count). The highest BCUT2D eigenvalue weighted by atomic mass is 32.2. The molecule has 0 amide bonds. The molecule has 0 saturated carbocycles. The van der Waals surface area contributed by atoms with Crippen LogP contribution in [0.2, 0.25) is 0 Å². The minimum Gasteiger partial charge on any atom is -0.504 e. The second kappa shape index (κ2) is 6.41. The summed E-state index contributed by atoms with van der Waals surface area (Å²) in [6, 6.07) is 4.27. The molecule has 1 heterocycles. The molecule has 0 saturated heterocycles. The van der Waals surface area contributed by atoms with E-state index in [4.69, 9.17) is 0 Å². The van der Waals surface area contributed by atoms with E-state index in [1.54, 1.807) is 12.3 Å². The van der Waals surface area contributed by atoms with Crippen molar-refractivity contribution in [2.45, 2.75) is 31.3 Å². The van der Waals surface area contributed by atoms with E-state index in [9.17, 15) is 15.0 Å². The minimum absolute atomic E-state index is 0.218. The summed E-state index contributed by atoms with van der Waals surface area (Å²) in [4.78, 5) is 12.6. The van der Waals surface area contributed by atoms with E-state index in [1.165, 1.54) is 34.8 Å². The molecule has 0 spiro atoms. The van der Waals surface area contributed by atoms with E-state index >= 15 is 0 Å². The van der Waals surface area contributed by atoms with Crippen LogP contribution in [-0.4, -0.2) is 37.6 Å². The Morgan fingerprint density at radius 2 is 1.91 bits per heavy atom. The highest BCUT2D eigenvalue weighted by Gasteiger charge is 2.23. The molecule has 8 heteroatoms. The molecule has 23 heavy (non-hydrogen) atoms. The van der Waals surface area contributed by atoms with Gasteiger partial charge in [-0.15, -0.1) is 10.2 Å². The van der Waals surface area contributed by atoms with Gasteiger partial charge in [-0.05, 0) is 30.0 Å². The normalized spacial score (nSPS) is 12.0. The molecular formula is C15H18N4O3S. The fourth-order valence-corrected chi connectivity index (χ4v) is 2.24. The third kappa shape index (κ3) is 3.70. The van der Waals surface area contributed by atoms with E-state index in [0.29, 0.717) is 16.4 Å². The number of aromatic hydroxyl groups is 2. The molecule has 2 N–H and O–H groups in total. The standard InChI is InChI=1S/C15H18N4O3S/c1-15(2,3)12-13(22)19(14(23-4)18-17-12)16-8-9-5-6-10(20)11(21)7-9/h5-8,20-21H,1-4H3. The third-order valence-corrected chi connectivity index (χ3v) is 3.65. The Balaban J connectivity index is 2.51. The minimum atomic E-state index is -0.449. The molecule has 0 fully saturated rings. The maximum absolute atomic E-state index is 12.6. The van der Waals surface area contributed by atoms with Crippen molar-refractivity contribution in [2.24, 2.45) is 5.10 Å². The highest BCUT2D eigenvalue weighted by molar-refractivity contribution is 7.98. The van der Waals surface area contributed by atoms with Gasteiger partial charge in [-0.3, -0.25) is 4.79 Å². The molecule has 0 atom stereocenters. The van der Waals surface area contributed by atoms with E-state index in [-0.39, 0.29) is 17.1 Å². The van der Waals surface area contributed by atoms with E-state index in [2.05, 4.69) is 15.3 Å². The van der Waals surface area contributed by atoms with Crippen LogP contribution < -0.4 is 5.56 Å². The summed E-state index contributed by atoms with van der Waals surface area (Å²) in [6.45, 7) is 5.63. The number of rotatable bonds is 3. The Hall–Kier alpha value is -2.35. The van der Waals surface area contributed by atoms with Crippen molar-refractivity contribution < 1.29 is 10.2 Å². The molecule has 1 aromatic carbocycles. The molecule has 0 aliphatic carbocycles. The molecule has 2 aromatic rings. The Morgan fingerprint density at radius 1 is 1.22 bits per heavy atom. The number of benzene rings is 1. The van der Waals surface area contributed by atoms with Gasteiger partial charge in [0.2, 0.25) is 5.16 Å². The van der Waals surface area contributed by atoms with Gasteiger partial charge in [-0.25, -0.2) is 0 Å². The number of thioether (sulfide) groups is 1. The van der Waals surface area contributed by atoms with Gasteiger partial charge in [-0.1, -0.05) is 32.5 Å². The van der Waals surface area contributed by atoms with Crippen LogP contribution in [0.25, 0.3) is 0 Å². The molecule has 0 bridgehead atoms. The van der Waals surface area contributed by atoms with Crippen molar-refractivity contribution in [3.63, 3.8) is 0 Å². The molecule has 122 valence electrons. The molecule has 0 aliphatic rings. The first-order valence-electron chi connectivity index (χ1n) is 6.84. The van der Waals surface area contributed by atoms with Crippen LogP contribution in [0.1, 0.15) is 32.0 Å². The monoisotopic (exact) mass is 334 g/mol. The average molecular weight is 334 g/mol. The topological polar surface area (TPSA) is 101 Å². The van der Waals surface area contributed by atoms with Crippen molar-refractivity contribution in [1.82, 2.24) is 14.9 Å². The van der Waals surface area contributed by atoms with Crippen molar-refractivity contribution in [3.05, 3.63) is 39.8 Å². The lowest BCUT2D eigenvalue weighted by molar-refractivity contribution is 0.403. The van der Waals surface area contributed by atoms with Crippen LogP contribution in [0, 0.1) is 0 Å². The maximum atomic E-state index is 12.6. The first-order chi connectivity index (χ1) is 10.7.